The predicted molar refractivity (Wildman–Crippen MR) is 130 cm³/mol. The van der Waals surface area contributed by atoms with Gasteiger partial charge in [-0.15, -0.1) is 11.3 Å². The minimum Gasteiger partial charge on any atom is -0.324 e. The molecule has 6 heteroatoms. The van der Waals surface area contributed by atoms with E-state index in [-0.39, 0.29) is 5.92 Å². The minimum atomic E-state index is -4.49. The van der Waals surface area contributed by atoms with Crippen molar-refractivity contribution in [1.29, 1.82) is 0 Å². The van der Waals surface area contributed by atoms with Gasteiger partial charge in [0.15, 0.2) is 0 Å². The molecule has 0 fully saturated rings. The van der Waals surface area contributed by atoms with E-state index in [0.29, 0.717) is 6.42 Å². The third kappa shape index (κ3) is 3.60. The Balaban J connectivity index is 2.19. The first-order chi connectivity index (χ1) is 14.6. The maximum absolute atomic E-state index is 13.1. The molecule has 4 rings (SSSR count). The van der Waals surface area contributed by atoms with Gasteiger partial charge in [0.05, 0.1) is 5.16 Å². The summed E-state index contributed by atoms with van der Waals surface area (Å²) in [7, 11) is -4.49. The maximum atomic E-state index is 13.1. The van der Waals surface area contributed by atoms with Gasteiger partial charge in [0, 0.05) is 21.5 Å². The molecule has 0 spiro atoms. The van der Waals surface area contributed by atoms with Crippen LogP contribution in [0.4, 0.5) is 0 Å². The van der Waals surface area contributed by atoms with E-state index in [1.807, 2.05) is 20.8 Å². The molecule has 0 aliphatic heterocycles. The zero-order valence-corrected chi connectivity index (χ0v) is 20.7. The Labute approximate surface area is 188 Å². The lowest BCUT2D eigenvalue weighted by Gasteiger charge is -2.38. The van der Waals surface area contributed by atoms with Crippen molar-refractivity contribution < 1.29 is 14.4 Å². The summed E-state index contributed by atoms with van der Waals surface area (Å²) in [6.45, 7) is 9.67. The molecule has 4 nitrogen and oxygen atoms in total. The van der Waals surface area contributed by atoms with Gasteiger partial charge in [-0.05, 0) is 69.1 Å². The number of benzene rings is 1. The molecular weight excluding hydrogens is 425 g/mol. The van der Waals surface area contributed by atoms with Crippen LogP contribution in [0.15, 0.2) is 24.3 Å². The van der Waals surface area contributed by atoms with Gasteiger partial charge in [-0.1, -0.05) is 50.1 Å². The van der Waals surface area contributed by atoms with Gasteiger partial charge in [0.2, 0.25) is 0 Å². The molecule has 2 unspecified atom stereocenters. The van der Waals surface area contributed by atoms with Crippen molar-refractivity contribution >= 4 is 29.1 Å². The lowest BCUT2D eigenvalue weighted by molar-refractivity contribution is 0.286. The lowest BCUT2D eigenvalue weighted by Crippen LogP contribution is -2.32. The average Bonchev–Trinajstić information content (AvgIpc) is 3.09. The van der Waals surface area contributed by atoms with E-state index in [9.17, 15) is 14.4 Å². The van der Waals surface area contributed by atoms with Crippen LogP contribution in [0.25, 0.3) is 21.3 Å². The molecule has 31 heavy (non-hydrogen) atoms. The van der Waals surface area contributed by atoms with Crippen LogP contribution in [0.3, 0.4) is 0 Å². The highest BCUT2D eigenvalue weighted by Gasteiger charge is 2.50. The normalized spacial score (nSPS) is 17.4. The third-order valence-corrected chi connectivity index (χ3v) is 10.4. The monoisotopic (exact) mass is 457 g/mol. The second-order valence-electron chi connectivity index (χ2n) is 9.21. The molecular formula is C25H32NO3PS. The number of hydrogen-bond acceptors (Lipinski definition) is 3. The van der Waals surface area contributed by atoms with E-state index >= 15 is 0 Å². The number of pyridine rings is 1. The van der Waals surface area contributed by atoms with Gasteiger partial charge < -0.3 is 9.79 Å². The largest absolute Gasteiger partial charge is 0.336 e. The summed E-state index contributed by atoms with van der Waals surface area (Å²) >= 11 is 1.76. The number of thiophene rings is 1. The Morgan fingerprint density at radius 3 is 2.42 bits per heavy atom. The maximum Gasteiger partial charge on any atom is 0.336 e. The molecule has 2 heterocycles. The average molecular weight is 458 g/mol. The molecule has 0 bridgehead atoms. The Kier molecular flexibility index (Phi) is 5.93. The molecule has 2 atom stereocenters. The summed E-state index contributed by atoms with van der Waals surface area (Å²) in [5.41, 5.74) is 5.95. The van der Waals surface area contributed by atoms with E-state index in [4.69, 9.17) is 4.98 Å². The fraction of sp³-hybridized carbons (Fsp3) is 0.480. The predicted octanol–water partition coefficient (Wildman–Crippen LogP) is 6.90. The first kappa shape index (κ1) is 22.7. The molecule has 1 aliphatic rings. The lowest BCUT2D eigenvalue weighted by atomic mass is 9.79. The van der Waals surface area contributed by atoms with Gasteiger partial charge in [-0.3, -0.25) is 4.57 Å². The zero-order valence-electron chi connectivity index (χ0n) is 19.0. The van der Waals surface area contributed by atoms with E-state index in [1.165, 1.54) is 22.4 Å². The second-order valence-corrected chi connectivity index (χ2v) is 12.3. The number of nitrogens with zero attached hydrogens (tertiary/aromatic N) is 1. The van der Waals surface area contributed by atoms with E-state index in [2.05, 4.69) is 31.2 Å². The summed E-state index contributed by atoms with van der Waals surface area (Å²) in [4.78, 5) is 28.7. The van der Waals surface area contributed by atoms with Crippen molar-refractivity contribution in [2.45, 2.75) is 71.9 Å². The zero-order chi connectivity index (χ0) is 22.6. The molecule has 0 amide bonds. The number of hydrogen-bond donors (Lipinski definition) is 2. The summed E-state index contributed by atoms with van der Waals surface area (Å²) in [6.07, 6.45) is 5.09. The van der Waals surface area contributed by atoms with Crippen LogP contribution in [0.5, 0.6) is 0 Å². The molecule has 2 N–H and O–H groups in total. The van der Waals surface area contributed by atoms with Gasteiger partial charge in [0.1, 0.15) is 4.83 Å². The van der Waals surface area contributed by atoms with Crippen molar-refractivity contribution in [2.75, 3.05) is 0 Å². The fourth-order valence-electron chi connectivity index (χ4n) is 5.11. The number of rotatable bonds is 5. The third-order valence-electron chi connectivity index (χ3n) is 7.31. The fourth-order valence-corrected chi connectivity index (χ4v) is 7.75. The second kappa shape index (κ2) is 8.12. The van der Waals surface area contributed by atoms with Crippen molar-refractivity contribution in [2.24, 2.45) is 5.92 Å². The van der Waals surface area contributed by atoms with Gasteiger partial charge in [-0.2, -0.15) is 0 Å². The molecule has 0 saturated heterocycles. The smallest absolute Gasteiger partial charge is 0.324 e. The van der Waals surface area contributed by atoms with Crippen molar-refractivity contribution in [3.8, 4) is 11.1 Å². The standard InChI is InChI=1S/C25H32NO3PS/c1-6-16(3)25(5,30(27,28)29)23-17(4)26-24-22(19-9-7-8-10-20(19)31-24)21(23)18-13-11-15(2)12-14-18/h11-14,16H,6-10H2,1-5H3,(H2,27,28,29). The van der Waals surface area contributed by atoms with Crippen molar-refractivity contribution in [1.82, 2.24) is 4.98 Å². The molecule has 3 aromatic rings. The highest BCUT2D eigenvalue weighted by Crippen LogP contribution is 2.64. The molecule has 0 radical (unpaired) electrons. The Hall–Kier alpha value is -1.52. The topological polar surface area (TPSA) is 70.4 Å². The summed E-state index contributed by atoms with van der Waals surface area (Å²) in [5.74, 6) is -0.204. The number of fused-ring (bicyclic) bond motifs is 3. The van der Waals surface area contributed by atoms with Crippen molar-refractivity contribution in [3.05, 3.63) is 51.5 Å². The number of aryl methyl sites for hydroxylation is 4. The quantitative estimate of drug-likeness (QED) is 0.409. The molecule has 166 valence electrons. The minimum absolute atomic E-state index is 0.204. The Morgan fingerprint density at radius 1 is 1.16 bits per heavy atom. The van der Waals surface area contributed by atoms with Crippen LogP contribution in [0.1, 0.15) is 67.3 Å². The van der Waals surface area contributed by atoms with Crippen LogP contribution < -0.4 is 0 Å². The molecule has 2 aromatic heterocycles. The van der Waals surface area contributed by atoms with E-state index < -0.39 is 12.8 Å². The molecule has 0 saturated carbocycles. The van der Waals surface area contributed by atoms with Crippen LogP contribution in [0.2, 0.25) is 0 Å². The highest BCUT2D eigenvalue weighted by atomic mass is 32.1. The van der Waals surface area contributed by atoms with E-state index in [0.717, 1.165) is 51.9 Å². The first-order valence-corrected chi connectivity index (χ1v) is 13.6. The molecule has 1 aliphatic carbocycles. The molecule has 1 aromatic carbocycles. The van der Waals surface area contributed by atoms with Crippen LogP contribution in [-0.4, -0.2) is 14.8 Å². The first-order valence-electron chi connectivity index (χ1n) is 11.2. The van der Waals surface area contributed by atoms with Gasteiger partial charge in [0.25, 0.3) is 0 Å². The van der Waals surface area contributed by atoms with E-state index in [1.54, 1.807) is 18.3 Å². The van der Waals surface area contributed by atoms with Gasteiger partial charge in [-0.25, -0.2) is 4.98 Å². The Bertz CT molecular complexity index is 1180. The summed E-state index contributed by atoms with van der Waals surface area (Å²) < 4.78 is 13.1. The van der Waals surface area contributed by atoms with Crippen LogP contribution >= 0.6 is 18.9 Å². The number of aromatic nitrogens is 1. The van der Waals surface area contributed by atoms with Crippen LogP contribution in [0, 0.1) is 19.8 Å². The van der Waals surface area contributed by atoms with Crippen molar-refractivity contribution in [3.63, 3.8) is 0 Å². The highest BCUT2D eigenvalue weighted by molar-refractivity contribution is 7.53. The Morgan fingerprint density at radius 2 is 1.81 bits per heavy atom. The summed E-state index contributed by atoms with van der Waals surface area (Å²) in [5, 5.41) is -0.191. The van der Waals surface area contributed by atoms with Crippen LogP contribution in [-0.2, 0) is 22.6 Å². The van der Waals surface area contributed by atoms with Gasteiger partial charge >= 0.3 is 7.60 Å². The SMILES string of the molecule is CCC(C)C(C)(c1c(C)nc2sc3c(c2c1-c1ccc(C)cc1)CCCC3)P(=O)(O)O. The summed E-state index contributed by atoms with van der Waals surface area (Å²) in [6, 6.07) is 8.35.